The van der Waals surface area contributed by atoms with Crippen LogP contribution in [-0.4, -0.2) is 11.1 Å². The van der Waals surface area contributed by atoms with E-state index in [9.17, 15) is 9.18 Å². The van der Waals surface area contributed by atoms with Crippen LogP contribution in [0, 0.1) is 5.82 Å². The molecule has 0 aliphatic heterocycles. The highest BCUT2D eigenvalue weighted by Crippen LogP contribution is 2.04. The van der Waals surface area contributed by atoms with Crippen molar-refractivity contribution in [1.29, 1.82) is 0 Å². The van der Waals surface area contributed by atoms with Gasteiger partial charge in [0.15, 0.2) is 0 Å². The highest BCUT2D eigenvalue weighted by molar-refractivity contribution is 5.74. The minimum Gasteiger partial charge on any atom is -0.289 e. The van der Waals surface area contributed by atoms with E-state index in [0.29, 0.717) is 6.42 Å². The molecule has 0 radical (unpaired) electrons. The summed E-state index contributed by atoms with van der Waals surface area (Å²) in [5.41, 5.74) is 2.40. The van der Waals surface area contributed by atoms with E-state index in [1.54, 1.807) is 12.1 Å². The number of nitrogens with one attached hydrogen (secondary N) is 1. The van der Waals surface area contributed by atoms with Crippen LogP contribution in [-0.2, 0) is 11.2 Å². The molecule has 2 N–H and O–H groups in total. The summed E-state index contributed by atoms with van der Waals surface area (Å²) >= 11 is 0. The van der Waals surface area contributed by atoms with Crippen LogP contribution in [0.3, 0.4) is 0 Å². The summed E-state index contributed by atoms with van der Waals surface area (Å²) in [5, 5.41) is 8.20. The number of hydrogen-bond donors (Lipinski definition) is 2. The molecule has 0 unspecified atom stereocenters. The van der Waals surface area contributed by atoms with Gasteiger partial charge in [0, 0.05) is 6.42 Å². The first-order chi connectivity index (χ1) is 6.22. The zero-order valence-corrected chi connectivity index (χ0v) is 6.96. The molecule has 1 rings (SSSR count). The maximum absolute atomic E-state index is 12.4. The Balaban J connectivity index is 2.46. The number of aryl methyl sites for hydroxylation is 1. The Morgan fingerprint density at radius 3 is 2.54 bits per heavy atom. The largest absolute Gasteiger partial charge is 0.289 e. The van der Waals surface area contributed by atoms with Gasteiger partial charge in [-0.05, 0) is 24.1 Å². The number of amides is 1. The Morgan fingerprint density at radius 1 is 1.38 bits per heavy atom. The van der Waals surface area contributed by atoms with Gasteiger partial charge in [-0.3, -0.25) is 10.0 Å². The predicted molar refractivity (Wildman–Crippen MR) is 44.7 cm³/mol. The lowest BCUT2D eigenvalue weighted by Crippen LogP contribution is -2.18. The van der Waals surface area contributed by atoms with Crippen molar-refractivity contribution in [2.24, 2.45) is 0 Å². The SMILES string of the molecule is O=C(CCc1ccc(F)cc1)NO. The van der Waals surface area contributed by atoms with E-state index in [-0.39, 0.29) is 12.2 Å². The third-order valence-corrected chi connectivity index (χ3v) is 1.68. The molecule has 0 saturated heterocycles. The summed E-state index contributed by atoms with van der Waals surface area (Å²) in [7, 11) is 0. The molecular formula is C9H10FNO2. The van der Waals surface area contributed by atoms with Gasteiger partial charge in [-0.1, -0.05) is 12.1 Å². The molecule has 1 aromatic carbocycles. The molecule has 0 heterocycles. The normalized spacial score (nSPS) is 9.69. The summed E-state index contributed by atoms with van der Waals surface area (Å²) in [4.78, 5) is 10.6. The van der Waals surface area contributed by atoms with Crippen LogP contribution < -0.4 is 5.48 Å². The molecule has 13 heavy (non-hydrogen) atoms. The predicted octanol–water partition coefficient (Wildman–Crippen LogP) is 1.26. The van der Waals surface area contributed by atoms with Crippen molar-refractivity contribution in [3.05, 3.63) is 35.6 Å². The second-order valence-corrected chi connectivity index (χ2v) is 2.66. The van der Waals surface area contributed by atoms with Crippen LogP contribution in [0.5, 0.6) is 0 Å². The van der Waals surface area contributed by atoms with Crippen molar-refractivity contribution in [2.45, 2.75) is 12.8 Å². The van der Waals surface area contributed by atoms with E-state index in [4.69, 9.17) is 5.21 Å². The van der Waals surface area contributed by atoms with Crippen molar-refractivity contribution in [3.63, 3.8) is 0 Å². The molecule has 0 aliphatic carbocycles. The van der Waals surface area contributed by atoms with E-state index in [1.807, 2.05) is 0 Å². The van der Waals surface area contributed by atoms with Crippen LogP contribution in [0.15, 0.2) is 24.3 Å². The van der Waals surface area contributed by atoms with Crippen LogP contribution in [0.4, 0.5) is 4.39 Å². The second kappa shape index (κ2) is 4.57. The lowest BCUT2D eigenvalue weighted by Gasteiger charge is -1.99. The molecule has 0 aromatic heterocycles. The second-order valence-electron chi connectivity index (χ2n) is 2.66. The Bertz CT molecular complexity index is 284. The first-order valence-corrected chi connectivity index (χ1v) is 3.90. The van der Waals surface area contributed by atoms with Gasteiger partial charge in [0.05, 0.1) is 0 Å². The van der Waals surface area contributed by atoms with Gasteiger partial charge in [-0.15, -0.1) is 0 Å². The van der Waals surface area contributed by atoms with E-state index in [1.165, 1.54) is 17.6 Å². The number of carbonyl (C=O) groups excluding carboxylic acids is 1. The minimum atomic E-state index is -0.440. The molecule has 4 heteroatoms. The highest BCUT2D eigenvalue weighted by Gasteiger charge is 1.99. The molecule has 0 atom stereocenters. The quantitative estimate of drug-likeness (QED) is 0.547. The van der Waals surface area contributed by atoms with Crippen molar-refractivity contribution >= 4 is 5.91 Å². The smallest absolute Gasteiger partial charge is 0.243 e. The van der Waals surface area contributed by atoms with E-state index in [0.717, 1.165) is 5.56 Å². The summed E-state index contributed by atoms with van der Waals surface area (Å²) in [6.45, 7) is 0. The number of carbonyl (C=O) groups is 1. The Morgan fingerprint density at radius 2 is 2.00 bits per heavy atom. The summed E-state index contributed by atoms with van der Waals surface area (Å²) in [6.07, 6.45) is 0.689. The van der Waals surface area contributed by atoms with E-state index < -0.39 is 5.91 Å². The zero-order valence-electron chi connectivity index (χ0n) is 6.96. The zero-order chi connectivity index (χ0) is 9.68. The van der Waals surface area contributed by atoms with Gasteiger partial charge in [-0.2, -0.15) is 0 Å². The van der Waals surface area contributed by atoms with Gasteiger partial charge in [-0.25, -0.2) is 9.87 Å². The Hall–Kier alpha value is -1.42. The third kappa shape index (κ3) is 3.21. The van der Waals surface area contributed by atoms with Crippen molar-refractivity contribution in [2.75, 3.05) is 0 Å². The number of halogens is 1. The first kappa shape index (κ1) is 9.67. The van der Waals surface area contributed by atoms with Gasteiger partial charge in [0.1, 0.15) is 5.82 Å². The first-order valence-electron chi connectivity index (χ1n) is 3.90. The lowest BCUT2D eigenvalue weighted by atomic mass is 10.1. The Labute approximate surface area is 75.2 Å². The van der Waals surface area contributed by atoms with Crippen LogP contribution >= 0.6 is 0 Å². The summed E-state index contributed by atoms with van der Waals surface area (Å²) in [6, 6.07) is 5.90. The molecule has 1 amide bonds. The van der Waals surface area contributed by atoms with Crippen LogP contribution in [0.1, 0.15) is 12.0 Å². The Kier molecular flexibility index (Phi) is 3.40. The molecule has 0 spiro atoms. The maximum Gasteiger partial charge on any atom is 0.243 e. The van der Waals surface area contributed by atoms with Gasteiger partial charge < -0.3 is 0 Å². The molecule has 0 fully saturated rings. The molecule has 70 valence electrons. The molecule has 3 nitrogen and oxygen atoms in total. The third-order valence-electron chi connectivity index (χ3n) is 1.68. The molecular weight excluding hydrogens is 173 g/mol. The number of hydrogen-bond acceptors (Lipinski definition) is 2. The fourth-order valence-corrected chi connectivity index (χ4v) is 0.965. The highest BCUT2D eigenvalue weighted by atomic mass is 19.1. The van der Waals surface area contributed by atoms with Gasteiger partial charge >= 0.3 is 0 Å². The summed E-state index contributed by atoms with van der Waals surface area (Å²) in [5.74, 6) is -0.736. The van der Waals surface area contributed by atoms with E-state index >= 15 is 0 Å². The standard InChI is InChI=1S/C9H10FNO2/c10-8-4-1-7(2-5-8)3-6-9(12)11-13/h1-2,4-5,13H,3,6H2,(H,11,12). The lowest BCUT2D eigenvalue weighted by molar-refractivity contribution is -0.129. The monoisotopic (exact) mass is 183 g/mol. The molecule has 0 aliphatic rings. The van der Waals surface area contributed by atoms with Gasteiger partial charge in [0.2, 0.25) is 5.91 Å². The van der Waals surface area contributed by atoms with Crippen molar-refractivity contribution < 1.29 is 14.4 Å². The maximum atomic E-state index is 12.4. The van der Waals surface area contributed by atoms with Crippen molar-refractivity contribution in [3.8, 4) is 0 Å². The minimum absolute atomic E-state index is 0.197. The van der Waals surface area contributed by atoms with Gasteiger partial charge in [0.25, 0.3) is 0 Å². The average molecular weight is 183 g/mol. The number of rotatable bonds is 3. The fraction of sp³-hybridized carbons (Fsp3) is 0.222. The molecule has 0 saturated carbocycles. The number of benzene rings is 1. The van der Waals surface area contributed by atoms with E-state index in [2.05, 4.69) is 0 Å². The average Bonchev–Trinajstić information content (AvgIpc) is 2.16. The van der Waals surface area contributed by atoms with Crippen LogP contribution in [0.25, 0.3) is 0 Å². The fourth-order valence-electron chi connectivity index (χ4n) is 0.965. The summed E-state index contributed by atoms with van der Waals surface area (Å²) < 4.78 is 12.4. The van der Waals surface area contributed by atoms with Crippen LogP contribution in [0.2, 0.25) is 0 Å². The number of hydroxylamine groups is 1. The molecule has 0 bridgehead atoms. The topological polar surface area (TPSA) is 49.3 Å². The molecule has 1 aromatic rings. The van der Waals surface area contributed by atoms with Crippen molar-refractivity contribution in [1.82, 2.24) is 5.48 Å².